The fourth-order valence-electron chi connectivity index (χ4n) is 3.00. The van der Waals surface area contributed by atoms with Crippen molar-refractivity contribution in [1.29, 1.82) is 0 Å². The number of aromatic nitrogens is 2. The first-order chi connectivity index (χ1) is 13.7. The van der Waals surface area contributed by atoms with Crippen molar-refractivity contribution < 1.29 is 4.74 Å². The Morgan fingerprint density at radius 2 is 1.79 bits per heavy atom. The molecule has 0 bridgehead atoms. The first-order valence-corrected chi connectivity index (χ1v) is 10.3. The second kappa shape index (κ2) is 8.09. The molecule has 0 amide bonds. The lowest BCUT2D eigenvalue weighted by molar-refractivity contribution is 0.470. The Hall–Kier alpha value is -2.76. The molecule has 140 valence electrons. The topological polar surface area (TPSA) is 44.1 Å². The van der Waals surface area contributed by atoms with E-state index in [0.29, 0.717) is 12.3 Å². The lowest BCUT2D eigenvalue weighted by Gasteiger charge is -2.11. The first kappa shape index (κ1) is 18.6. The van der Waals surface area contributed by atoms with E-state index in [1.807, 2.05) is 73.0 Å². The molecule has 4 aromatic rings. The van der Waals surface area contributed by atoms with Gasteiger partial charge in [-0.05, 0) is 46.9 Å². The van der Waals surface area contributed by atoms with Gasteiger partial charge in [0.15, 0.2) is 10.8 Å². The molecule has 1 aromatic heterocycles. The third kappa shape index (κ3) is 3.77. The van der Waals surface area contributed by atoms with Gasteiger partial charge in [-0.2, -0.15) is 5.10 Å². The minimum absolute atomic E-state index is 0.0178. The summed E-state index contributed by atoms with van der Waals surface area (Å²) in [6, 6.07) is 21.6. The molecule has 0 aliphatic carbocycles. The summed E-state index contributed by atoms with van der Waals surface area (Å²) in [5.41, 5.74) is 0.623. The normalized spacial score (nSPS) is 10.9. The summed E-state index contributed by atoms with van der Waals surface area (Å²) >= 11 is 7.93. The van der Waals surface area contributed by atoms with Crippen molar-refractivity contribution in [1.82, 2.24) is 9.78 Å². The first-order valence-electron chi connectivity index (χ1n) is 8.70. The Morgan fingerprint density at radius 3 is 2.57 bits per heavy atom. The molecule has 0 aliphatic rings. The van der Waals surface area contributed by atoms with Crippen molar-refractivity contribution in [2.45, 2.75) is 11.4 Å². The zero-order valence-electron chi connectivity index (χ0n) is 15.1. The van der Waals surface area contributed by atoms with Gasteiger partial charge in [-0.15, -0.1) is 11.8 Å². The third-order valence-corrected chi connectivity index (χ3v) is 5.53. The summed E-state index contributed by atoms with van der Waals surface area (Å²) in [7, 11) is 0. The molecule has 6 heteroatoms. The fourth-order valence-corrected chi connectivity index (χ4v) is 3.59. The van der Waals surface area contributed by atoms with Crippen LogP contribution in [0, 0.1) is 0 Å². The number of nitrogens with zero attached hydrogens (tertiary/aromatic N) is 2. The molecule has 0 fully saturated rings. The zero-order chi connectivity index (χ0) is 19.5. The highest BCUT2D eigenvalue weighted by molar-refractivity contribution is 7.98. The largest absolute Gasteiger partial charge is 0.454 e. The minimum atomic E-state index is -0.382. The van der Waals surface area contributed by atoms with Gasteiger partial charge in [0, 0.05) is 4.90 Å². The van der Waals surface area contributed by atoms with Crippen LogP contribution in [0.3, 0.4) is 0 Å². The van der Waals surface area contributed by atoms with E-state index >= 15 is 0 Å². The van der Waals surface area contributed by atoms with Gasteiger partial charge < -0.3 is 4.74 Å². The molecule has 0 unspecified atom stereocenters. The Kier molecular flexibility index (Phi) is 5.37. The highest BCUT2D eigenvalue weighted by Crippen LogP contribution is 2.27. The SMILES string of the molecule is CSc1ccc(Oc2cnn(Cc3cccc4ccccc34)c(=O)c2Cl)cc1. The van der Waals surface area contributed by atoms with Crippen LogP contribution in [0.25, 0.3) is 10.8 Å². The summed E-state index contributed by atoms with van der Waals surface area (Å²) < 4.78 is 7.10. The summed E-state index contributed by atoms with van der Waals surface area (Å²) in [5.74, 6) is 0.852. The van der Waals surface area contributed by atoms with E-state index in [4.69, 9.17) is 16.3 Å². The Bertz CT molecular complexity index is 1180. The fraction of sp³-hybridized carbons (Fsp3) is 0.0909. The Labute approximate surface area is 171 Å². The quantitative estimate of drug-likeness (QED) is 0.402. The molecule has 0 N–H and O–H groups in total. The summed E-state index contributed by atoms with van der Waals surface area (Å²) in [4.78, 5) is 13.8. The van der Waals surface area contributed by atoms with Gasteiger partial charge in [-0.1, -0.05) is 54.1 Å². The number of fused-ring (bicyclic) bond motifs is 1. The lowest BCUT2D eigenvalue weighted by Crippen LogP contribution is -2.24. The maximum atomic E-state index is 12.7. The maximum absolute atomic E-state index is 12.7. The van der Waals surface area contributed by atoms with Gasteiger partial charge >= 0.3 is 0 Å². The highest BCUT2D eigenvalue weighted by Gasteiger charge is 2.13. The summed E-state index contributed by atoms with van der Waals surface area (Å²) in [5, 5.41) is 6.48. The smallest absolute Gasteiger partial charge is 0.289 e. The van der Waals surface area contributed by atoms with Crippen LogP contribution in [0.1, 0.15) is 5.56 Å². The summed E-state index contributed by atoms with van der Waals surface area (Å²) in [6.45, 7) is 0.336. The number of rotatable bonds is 5. The van der Waals surface area contributed by atoms with Crippen LogP contribution >= 0.6 is 23.4 Å². The highest BCUT2D eigenvalue weighted by atomic mass is 35.5. The van der Waals surface area contributed by atoms with Crippen molar-refractivity contribution >= 4 is 34.1 Å². The molecule has 0 radical (unpaired) electrons. The van der Waals surface area contributed by atoms with E-state index in [1.54, 1.807) is 11.8 Å². The van der Waals surface area contributed by atoms with Crippen LogP contribution in [0.5, 0.6) is 11.5 Å². The van der Waals surface area contributed by atoms with Crippen molar-refractivity contribution in [3.05, 3.63) is 93.9 Å². The third-order valence-electron chi connectivity index (χ3n) is 4.44. The van der Waals surface area contributed by atoms with Crippen molar-refractivity contribution in [3.8, 4) is 11.5 Å². The molecular weight excluding hydrogens is 392 g/mol. The molecule has 28 heavy (non-hydrogen) atoms. The van der Waals surface area contributed by atoms with Crippen LogP contribution in [0.15, 0.2) is 82.6 Å². The average Bonchev–Trinajstić information content (AvgIpc) is 2.74. The van der Waals surface area contributed by atoms with Crippen LogP contribution in [-0.2, 0) is 6.54 Å². The number of hydrogen-bond acceptors (Lipinski definition) is 4. The van der Waals surface area contributed by atoms with Crippen molar-refractivity contribution in [2.75, 3.05) is 6.26 Å². The molecule has 4 nitrogen and oxygen atoms in total. The molecule has 0 atom stereocenters. The molecule has 3 aromatic carbocycles. The van der Waals surface area contributed by atoms with Crippen LogP contribution < -0.4 is 10.3 Å². The predicted octanol–water partition coefficient (Wildman–Crippen LogP) is 5.61. The van der Waals surface area contributed by atoms with Crippen molar-refractivity contribution in [2.24, 2.45) is 0 Å². The minimum Gasteiger partial charge on any atom is -0.454 e. The number of ether oxygens (including phenoxy) is 1. The van der Waals surface area contributed by atoms with Gasteiger partial charge in [0.2, 0.25) is 0 Å². The molecule has 0 spiro atoms. The second-order valence-corrected chi connectivity index (χ2v) is 7.46. The van der Waals surface area contributed by atoms with Crippen LogP contribution in [-0.4, -0.2) is 16.0 Å². The van der Waals surface area contributed by atoms with E-state index < -0.39 is 0 Å². The molecule has 4 rings (SSSR count). The number of thioether (sulfide) groups is 1. The van der Waals surface area contributed by atoms with Gasteiger partial charge in [-0.25, -0.2) is 4.68 Å². The van der Waals surface area contributed by atoms with E-state index in [2.05, 4.69) is 5.10 Å². The maximum Gasteiger partial charge on any atom is 0.289 e. The van der Waals surface area contributed by atoms with Gasteiger partial charge in [-0.3, -0.25) is 4.79 Å². The molecule has 0 saturated carbocycles. The van der Waals surface area contributed by atoms with E-state index in [1.165, 1.54) is 10.9 Å². The van der Waals surface area contributed by atoms with E-state index in [-0.39, 0.29) is 16.3 Å². The zero-order valence-corrected chi connectivity index (χ0v) is 16.7. The van der Waals surface area contributed by atoms with E-state index in [9.17, 15) is 4.79 Å². The molecule has 0 aliphatic heterocycles. The Balaban J connectivity index is 1.63. The van der Waals surface area contributed by atoms with E-state index in [0.717, 1.165) is 21.2 Å². The molecular formula is C22H17ClN2O2S. The van der Waals surface area contributed by atoms with Gasteiger partial charge in [0.1, 0.15) is 5.75 Å². The standard InChI is InChI=1S/C22H17ClN2O2S/c1-28-18-11-9-17(10-12-18)27-20-13-24-25(22(26)21(20)23)14-16-7-4-6-15-5-2-3-8-19(15)16/h2-13H,14H2,1H3. The number of benzene rings is 3. The Morgan fingerprint density at radius 1 is 1.04 bits per heavy atom. The van der Waals surface area contributed by atoms with Crippen molar-refractivity contribution in [3.63, 3.8) is 0 Å². The lowest BCUT2D eigenvalue weighted by atomic mass is 10.0. The average molecular weight is 409 g/mol. The summed E-state index contributed by atoms with van der Waals surface area (Å²) in [6.07, 6.45) is 3.49. The second-order valence-electron chi connectivity index (χ2n) is 6.20. The monoisotopic (exact) mass is 408 g/mol. The van der Waals surface area contributed by atoms with Crippen LogP contribution in [0.4, 0.5) is 0 Å². The number of hydrogen-bond donors (Lipinski definition) is 0. The van der Waals surface area contributed by atoms with Crippen LogP contribution in [0.2, 0.25) is 5.02 Å². The number of halogens is 1. The molecule has 1 heterocycles. The van der Waals surface area contributed by atoms with Gasteiger partial charge in [0.05, 0.1) is 12.7 Å². The molecule has 0 saturated heterocycles. The predicted molar refractivity (Wildman–Crippen MR) is 115 cm³/mol. The van der Waals surface area contributed by atoms with Gasteiger partial charge in [0.25, 0.3) is 5.56 Å².